The number of para-hydroxylation sites is 2. The van der Waals surface area contributed by atoms with Crippen LogP contribution < -0.4 is 14.8 Å². The van der Waals surface area contributed by atoms with Gasteiger partial charge in [-0.1, -0.05) is 29.8 Å². The predicted molar refractivity (Wildman–Crippen MR) is 118 cm³/mol. The van der Waals surface area contributed by atoms with Crippen LogP contribution in [0.4, 0.5) is 30.5 Å². The zero-order chi connectivity index (χ0) is 23.6. The summed E-state index contributed by atoms with van der Waals surface area (Å²) in [7, 11) is -3.98. The monoisotopic (exact) mass is 474 g/mol. The highest BCUT2D eigenvalue weighted by Crippen LogP contribution is 2.29. The summed E-state index contributed by atoms with van der Waals surface area (Å²) in [5, 5.41) is 2.90. The fraction of sp³-hybridized carbons (Fsp3) is 0.0909. The third-order valence-corrected chi connectivity index (χ3v) is 5.84. The summed E-state index contributed by atoms with van der Waals surface area (Å²) in [5.74, 6) is -0.378. The van der Waals surface area contributed by atoms with E-state index >= 15 is 0 Å². The van der Waals surface area contributed by atoms with Crippen LogP contribution in [-0.2, 0) is 10.0 Å². The lowest BCUT2D eigenvalue weighted by molar-refractivity contribution is -0.274. The van der Waals surface area contributed by atoms with E-state index in [0.717, 1.165) is 17.7 Å². The summed E-state index contributed by atoms with van der Waals surface area (Å²) >= 11 is 0. The number of alkyl halides is 3. The molecule has 0 radical (unpaired) electrons. The van der Waals surface area contributed by atoms with Crippen molar-refractivity contribution in [1.29, 1.82) is 0 Å². The number of benzene rings is 3. The predicted octanol–water partition coefficient (Wildman–Crippen LogP) is 5.38. The van der Waals surface area contributed by atoms with Crippen molar-refractivity contribution in [3.05, 3.63) is 78.4 Å². The molecule has 0 aliphatic heterocycles. The zero-order valence-corrected chi connectivity index (χ0v) is 17.9. The van der Waals surface area contributed by atoms with E-state index in [1.54, 1.807) is 36.4 Å². The van der Waals surface area contributed by atoms with Crippen LogP contribution in [-0.4, -0.2) is 24.7 Å². The van der Waals surface area contributed by atoms with Gasteiger partial charge >= 0.3 is 6.36 Å². The number of fused-ring (bicyclic) bond motifs is 1. The molecular formula is C22H17F3N4O3S. The maximum Gasteiger partial charge on any atom is 0.573 e. The average molecular weight is 474 g/mol. The highest BCUT2D eigenvalue weighted by atomic mass is 32.2. The first-order valence-corrected chi connectivity index (χ1v) is 11.1. The van der Waals surface area contributed by atoms with Crippen LogP contribution in [0.3, 0.4) is 0 Å². The largest absolute Gasteiger partial charge is 0.573 e. The van der Waals surface area contributed by atoms with Gasteiger partial charge in [0.25, 0.3) is 10.0 Å². The molecular weight excluding hydrogens is 457 g/mol. The van der Waals surface area contributed by atoms with Crippen LogP contribution in [0, 0.1) is 6.92 Å². The summed E-state index contributed by atoms with van der Waals surface area (Å²) in [4.78, 5) is 8.85. The number of nitrogens with one attached hydrogen (secondary N) is 2. The molecule has 0 aliphatic rings. The van der Waals surface area contributed by atoms with E-state index in [0.29, 0.717) is 16.7 Å². The van der Waals surface area contributed by atoms with Crippen LogP contribution in [0.25, 0.3) is 11.0 Å². The van der Waals surface area contributed by atoms with Gasteiger partial charge in [-0.25, -0.2) is 18.4 Å². The topological polar surface area (TPSA) is 93.2 Å². The lowest BCUT2D eigenvalue weighted by Gasteiger charge is -2.14. The van der Waals surface area contributed by atoms with Crippen LogP contribution in [0.15, 0.2) is 77.7 Å². The molecule has 0 spiro atoms. The number of anilines is 3. The van der Waals surface area contributed by atoms with Crippen LogP contribution in [0.2, 0.25) is 0 Å². The molecule has 4 rings (SSSR count). The fourth-order valence-corrected chi connectivity index (χ4v) is 3.95. The quantitative estimate of drug-likeness (QED) is 0.390. The van der Waals surface area contributed by atoms with Crippen LogP contribution in [0.5, 0.6) is 5.75 Å². The Hall–Kier alpha value is -3.86. The maximum atomic E-state index is 12.9. The molecule has 0 saturated carbocycles. The lowest BCUT2D eigenvalue weighted by atomic mass is 10.2. The molecule has 0 fully saturated rings. The summed E-state index contributed by atoms with van der Waals surface area (Å²) in [6.45, 7) is 1.84. The molecule has 2 N–H and O–H groups in total. The highest BCUT2D eigenvalue weighted by molar-refractivity contribution is 7.92. The molecule has 0 unspecified atom stereocenters. The number of nitrogens with zero attached hydrogens (tertiary/aromatic N) is 2. The highest BCUT2D eigenvalue weighted by Gasteiger charge is 2.31. The van der Waals surface area contributed by atoms with Crippen LogP contribution in [0.1, 0.15) is 5.56 Å². The molecule has 1 heterocycles. The van der Waals surface area contributed by atoms with Gasteiger partial charge in [0.2, 0.25) is 0 Å². The van der Waals surface area contributed by atoms with Crippen molar-refractivity contribution < 1.29 is 26.3 Å². The molecule has 0 bridgehead atoms. The van der Waals surface area contributed by atoms with Gasteiger partial charge in [0.05, 0.1) is 15.9 Å². The van der Waals surface area contributed by atoms with Crippen molar-refractivity contribution in [2.45, 2.75) is 18.2 Å². The minimum atomic E-state index is -4.81. The molecule has 11 heteroatoms. The van der Waals surface area contributed by atoms with E-state index in [1.807, 2.05) is 6.92 Å². The number of ether oxygens (including phenoxy) is 1. The fourth-order valence-electron chi connectivity index (χ4n) is 2.94. The Kier molecular flexibility index (Phi) is 5.81. The Bertz CT molecular complexity index is 1390. The number of hydrogen-bond acceptors (Lipinski definition) is 6. The van der Waals surface area contributed by atoms with Gasteiger partial charge in [0, 0.05) is 5.69 Å². The second kappa shape index (κ2) is 8.58. The molecule has 170 valence electrons. The molecule has 0 atom stereocenters. The van der Waals surface area contributed by atoms with Crippen molar-refractivity contribution in [3.8, 4) is 5.75 Å². The third-order valence-electron chi connectivity index (χ3n) is 4.48. The maximum absolute atomic E-state index is 12.9. The number of halogens is 3. The standard InChI is InChI=1S/C22H17F3N4O3S/c1-14-6-12-17(13-7-14)33(30,31)29-21-20(27-18-4-2-3-5-19(18)28-21)26-15-8-10-16(11-9-15)32-22(23,24)25/h2-13H,1H3,(H,26,27)(H,28,29). The van der Waals surface area contributed by atoms with E-state index in [2.05, 4.69) is 24.7 Å². The van der Waals surface area contributed by atoms with Crippen molar-refractivity contribution in [2.24, 2.45) is 0 Å². The average Bonchev–Trinajstić information content (AvgIpc) is 2.74. The summed E-state index contributed by atoms with van der Waals surface area (Å²) in [6.07, 6.45) is -4.81. The first kappa shape index (κ1) is 22.3. The SMILES string of the molecule is Cc1ccc(S(=O)(=O)Nc2nc3ccccc3nc2Nc2ccc(OC(F)(F)F)cc2)cc1. The molecule has 3 aromatic carbocycles. The Balaban J connectivity index is 1.68. The number of aryl methyl sites for hydroxylation is 1. The van der Waals surface area contributed by atoms with Gasteiger partial charge in [-0.15, -0.1) is 13.2 Å². The minimum absolute atomic E-state index is 0.0441. The Morgan fingerprint density at radius 3 is 1.97 bits per heavy atom. The van der Waals surface area contributed by atoms with Crippen molar-refractivity contribution in [2.75, 3.05) is 10.0 Å². The molecule has 0 aliphatic carbocycles. The van der Waals surface area contributed by atoms with Crippen LogP contribution >= 0.6 is 0 Å². The van der Waals surface area contributed by atoms with Gasteiger partial charge in [0.15, 0.2) is 11.6 Å². The number of sulfonamides is 1. The van der Waals surface area contributed by atoms with E-state index in [4.69, 9.17) is 0 Å². The van der Waals surface area contributed by atoms with Gasteiger partial charge in [0.1, 0.15) is 5.75 Å². The van der Waals surface area contributed by atoms with Gasteiger partial charge in [-0.3, -0.25) is 4.72 Å². The Morgan fingerprint density at radius 1 is 0.818 bits per heavy atom. The third kappa shape index (κ3) is 5.50. The van der Waals surface area contributed by atoms with Crippen molar-refractivity contribution >= 4 is 38.4 Å². The number of hydrogen-bond donors (Lipinski definition) is 2. The number of rotatable bonds is 6. The van der Waals surface area contributed by atoms with Crippen molar-refractivity contribution in [3.63, 3.8) is 0 Å². The van der Waals surface area contributed by atoms with E-state index < -0.39 is 22.1 Å². The molecule has 1 aromatic heterocycles. The second-order valence-electron chi connectivity index (χ2n) is 7.03. The molecule has 4 aromatic rings. The van der Waals surface area contributed by atoms with E-state index in [-0.39, 0.29) is 16.5 Å². The molecule has 33 heavy (non-hydrogen) atoms. The lowest BCUT2D eigenvalue weighted by Crippen LogP contribution is -2.17. The molecule has 0 amide bonds. The second-order valence-corrected chi connectivity index (χ2v) is 8.71. The Labute approximate surface area is 187 Å². The molecule has 0 saturated heterocycles. The minimum Gasteiger partial charge on any atom is -0.406 e. The van der Waals surface area contributed by atoms with Gasteiger partial charge < -0.3 is 10.1 Å². The van der Waals surface area contributed by atoms with E-state index in [1.165, 1.54) is 24.3 Å². The van der Waals surface area contributed by atoms with Gasteiger partial charge in [-0.05, 0) is 55.5 Å². The smallest absolute Gasteiger partial charge is 0.406 e. The summed E-state index contributed by atoms with van der Waals surface area (Å²) < 4.78 is 69.3. The summed E-state index contributed by atoms with van der Waals surface area (Å²) in [5.41, 5.74) is 2.21. The molecule has 7 nitrogen and oxygen atoms in total. The van der Waals surface area contributed by atoms with E-state index in [9.17, 15) is 21.6 Å². The first-order valence-electron chi connectivity index (χ1n) is 9.58. The Morgan fingerprint density at radius 2 is 1.39 bits per heavy atom. The summed E-state index contributed by atoms with van der Waals surface area (Å²) in [6, 6.07) is 18.1. The number of aromatic nitrogens is 2. The normalized spacial score (nSPS) is 11.9. The van der Waals surface area contributed by atoms with Gasteiger partial charge in [-0.2, -0.15) is 0 Å². The zero-order valence-electron chi connectivity index (χ0n) is 17.1. The first-order chi connectivity index (χ1) is 15.6. The van der Waals surface area contributed by atoms with Crippen molar-refractivity contribution in [1.82, 2.24) is 9.97 Å².